The summed E-state index contributed by atoms with van der Waals surface area (Å²) in [5.74, 6) is 1.56. The molecule has 39 heavy (non-hydrogen) atoms. The Balaban J connectivity index is 1.24. The summed E-state index contributed by atoms with van der Waals surface area (Å²) < 4.78 is 24.9. The summed E-state index contributed by atoms with van der Waals surface area (Å²) in [5.41, 5.74) is 3.44. The molecule has 0 radical (unpaired) electrons. The quantitative estimate of drug-likeness (QED) is 0.474. The third-order valence-electron chi connectivity index (χ3n) is 8.19. The topological polar surface area (TPSA) is 102 Å². The maximum atomic E-state index is 12.8. The number of aryl methyl sites for hydroxylation is 1. The molecule has 0 amide bonds. The Kier molecular flexibility index (Phi) is 7.02. The fourth-order valence-electron chi connectivity index (χ4n) is 6.04. The Bertz CT molecular complexity index is 1450. The van der Waals surface area contributed by atoms with E-state index < -0.39 is 0 Å². The maximum absolute atomic E-state index is 12.8. The molecule has 3 aromatic rings. The van der Waals surface area contributed by atoms with E-state index in [9.17, 15) is 10.1 Å². The van der Waals surface area contributed by atoms with Crippen molar-refractivity contribution in [1.29, 1.82) is 5.26 Å². The summed E-state index contributed by atoms with van der Waals surface area (Å²) in [5, 5.41) is 9.42. The van der Waals surface area contributed by atoms with Crippen LogP contribution in [0.2, 0.25) is 0 Å². The highest BCUT2D eigenvalue weighted by molar-refractivity contribution is 5.88. The van der Waals surface area contributed by atoms with Crippen molar-refractivity contribution in [2.75, 3.05) is 50.0 Å². The molecule has 10 heteroatoms. The molecule has 0 unspecified atom stereocenters. The van der Waals surface area contributed by atoms with E-state index in [4.69, 9.17) is 18.9 Å². The maximum Gasteiger partial charge on any atom is 0.252 e. The molecule has 0 spiro atoms. The Morgan fingerprint density at radius 3 is 2.67 bits per heavy atom. The third-order valence-corrected chi connectivity index (χ3v) is 8.19. The number of hydrogen-bond acceptors (Lipinski definition) is 9. The molecule has 2 aliphatic heterocycles. The summed E-state index contributed by atoms with van der Waals surface area (Å²) in [6.45, 7) is 2.76. The van der Waals surface area contributed by atoms with Crippen molar-refractivity contribution in [3.63, 3.8) is 0 Å². The van der Waals surface area contributed by atoms with E-state index in [1.165, 1.54) is 0 Å². The molecule has 1 aromatic carbocycles. The van der Waals surface area contributed by atoms with Gasteiger partial charge in [0.15, 0.2) is 11.5 Å². The van der Waals surface area contributed by atoms with E-state index >= 15 is 0 Å². The van der Waals surface area contributed by atoms with Crippen LogP contribution >= 0.6 is 0 Å². The number of ether oxygens (including phenoxy) is 4. The van der Waals surface area contributed by atoms with Crippen molar-refractivity contribution in [3.8, 4) is 17.6 Å². The van der Waals surface area contributed by atoms with Crippen LogP contribution < -0.4 is 24.8 Å². The average molecular weight is 532 g/mol. The number of nitriles is 1. The number of fused-ring (bicyclic) bond motifs is 2. The lowest BCUT2D eigenvalue weighted by Gasteiger charge is -2.43. The number of para-hydroxylation sites is 1. The average Bonchev–Trinajstić information content (AvgIpc) is 3.47. The van der Waals surface area contributed by atoms with Crippen molar-refractivity contribution < 1.29 is 18.9 Å². The van der Waals surface area contributed by atoms with Crippen LogP contribution in [0.25, 0.3) is 11.0 Å². The van der Waals surface area contributed by atoms with Crippen molar-refractivity contribution in [3.05, 3.63) is 52.4 Å². The van der Waals surface area contributed by atoms with E-state index in [-0.39, 0.29) is 24.5 Å². The van der Waals surface area contributed by atoms with E-state index in [1.54, 1.807) is 29.8 Å². The van der Waals surface area contributed by atoms with Crippen LogP contribution in [-0.2, 0) is 16.5 Å². The van der Waals surface area contributed by atoms with Gasteiger partial charge in [0.25, 0.3) is 5.56 Å². The fourth-order valence-corrected chi connectivity index (χ4v) is 6.04. The number of pyridine rings is 2. The molecule has 1 atom stereocenters. The van der Waals surface area contributed by atoms with Gasteiger partial charge >= 0.3 is 0 Å². The molecule has 4 heterocycles. The van der Waals surface area contributed by atoms with Gasteiger partial charge in [-0.1, -0.05) is 6.07 Å². The SMILES string of the molecule is CN(c1cc(=O)n(C)c2ccc(C#N)nc12)C1CCC(N(C[C@@H]2COCCO2)c2cccc3c2OCO3)CC1. The van der Waals surface area contributed by atoms with Gasteiger partial charge in [-0.15, -0.1) is 0 Å². The van der Waals surface area contributed by atoms with Crippen LogP contribution in [0, 0.1) is 11.3 Å². The van der Waals surface area contributed by atoms with Gasteiger partial charge < -0.3 is 33.3 Å². The highest BCUT2D eigenvalue weighted by Crippen LogP contribution is 2.43. The Morgan fingerprint density at radius 2 is 1.90 bits per heavy atom. The monoisotopic (exact) mass is 531 g/mol. The predicted octanol–water partition coefficient (Wildman–Crippen LogP) is 3.20. The van der Waals surface area contributed by atoms with Gasteiger partial charge in [0.2, 0.25) is 6.79 Å². The van der Waals surface area contributed by atoms with Crippen LogP contribution in [0.4, 0.5) is 11.4 Å². The van der Waals surface area contributed by atoms with Crippen LogP contribution in [0.1, 0.15) is 31.4 Å². The molecule has 3 aliphatic rings. The highest BCUT2D eigenvalue weighted by Gasteiger charge is 2.33. The molecule has 6 rings (SSSR count). The van der Waals surface area contributed by atoms with E-state index in [0.29, 0.717) is 43.6 Å². The molecular weight excluding hydrogens is 498 g/mol. The number of nitrogens with zero attached hydrogens (tertiary/aromatic N) is 5. The lowest BCUT2D eigenvalue weighted by Crippen LogP contribution is -2.48. The van der Waals surface area contributed by atoms with Crippen LogP contribution in [0.3, 0.4) is 0 Å². The molecule has 2 fully saturated rings. The molecule has 1 aliphatic carbocycles. The Hall–Kier alpha value is -3.81. The normalized spacial score (nSPS) is 22.4. The zero-order chi connectivity index (χ0) is 26.9. The molecule has 1 saturated heterocycles. The smallest absolute Gasteiger partial charge is 0.252 e. The number of aromatic nitrogens is 2. The summed E-state index contributed by atoms with van der Waals surface area (Å²) in [6, 6.07) is 13.8. The van der Waals surface area contributed by atoms with Crippen molar-refractivity contribution in [1.82, 2.24) is 9.55 Å². The molecule has 10 nitrogen and oxygen atoms in total. The molecule has 1 saturated carbocycles. The van der Waals surface area contributed by atoms with Gasteiger partial charge in [0.1, 0.15) is 17.3 Å². The second-order valence-corrected chi connectivity index (χ2v) is 10.4. The number of benzene rings is 1. The van der Waals surface area contributed by atoms with Gasteiger partial charge in [-0.2, -0.15) is 5.26 Å². The predicted molar refractivity (Wildman–Crippen MR) is 147 cm³/mol. The molecule has 0 bridgehead atoms. The first kappa shape index (κ1) is 25.5. The zero-order valence-electron chi connectivity index (χ0n) is 22.3. The summed E-state index contributed by atoms with van der Waals surface area (Å²) in [7, 11) is 3.76. The second-order valence-electron chi connectivity index (χ2n) is 10.4. The number of hydrogen-bond donors (Lipinski definition) is 0. The lowest BCUT2D eigenvalue weighted by molar-refractivity contribution is -0.0846. The number of rotatable bonds is 6. The lowest BCUT2D eigenvalue weighted by atomic mass is 9.88. The minimum absolute atomic E-state index is 0.00960. The summed E-state index contributed by atoms with van der Waals surface area (Å²) in [4.78, 5) is 21.9. The van der Waals surface area contributed by atoms with Crippen molar-refractivity contribution in [2.24, 2.45) is 7.05 Å². The fraction of sp³-hybridized carbons (Fsp3) is 0.483. The Labute approximate surface area is 227 Å². The van der Waals surface area contributed by atoms with Gasteiger partial charge in [0, 0.05) is 38.8 Å². The first-order valence-corrected chi connectivity index (χ1v) is 13.5. The van der Waals surface area contributed by atoms with Crippen LogP contribution in [0.15, 0.2) is 41.2 Å². The van der Waals surface area contributed by atoms with E-state index in [1.807, 2.05) is 19.2 Å². The summed E-state index contributed by atoms with van der Waals surface area (Å²) in [6.07, 6.45) is 3.81. The van der Waals surface area contributed by atoms with E-state index in [2.05, 4.69) is 26.9 Å². The first-order chi connectivity index (χ1) is 19.0. The van der Waals surface area contributed by atoms with Crippen LogP contribution in [0.5, 0.6) is 11.5 Å². The molecule has 204 valence electrons. The molecule has 0 N–H and O–H groups in total. The minimum atomic E-state index is -0.0921. The zero-order valence-corrected chi connectivity index (χ0v) is 22.3. The highest BCUT2D eigenvalue weighted by atomic mass is 16.7. The van der Waals surface area contributed by atoms with Gasteiger partial charge in [-0.3, -0.25) is 4.79 Å². The number of anilines is 2. The van der Waals surface area contributed by atoms with Gasteiger partial charge in [-0.25, -0.2) is 4.98 Å². The summed E-state index contributed by atoms with van der Waals surface area (Å²) >= 11 is 0. The minimum Gasteiger partial charge on any atom is -0.454 e. The van der Waals surface area contributed by atoms with Gasteiger partial charge in [0.05, 0.1) is 42.8 Å². The standard InChI is InChI=1S/C29H33N5O5/c1-32(25-14-27(35)33(2)23-11-6-19(15-30)31-28(23)25)20-7-9-21(10-8-20)34(16-22-17-36-12-13-37-22)24-4-3-5-26-29(24)39-18-38-26/h3-6,11,14,20-22H,7-10,12-13,16-18H2,1-2H3/t20?,21?,22-/m1/s1. The molecule has 2 aromatic heterocycles. The Morgan fingerprint density at radius 1 is 1.08 bits per heavy atom. The van der Waals surface area contributed by atoms with E-state index in [0.717, 1.165) is 54.1 Å². The second kappa shape index (κ2) is 10.8. The largest absolute Gasteiger partial charge is 0.454 e. The molecular formula is C29H33N5O5. The van der Waals surface area contributed by atoms with Crippen molar-refractivity contribution in [2.45, 2.75) is 43.9 Å². The third kappa shape index (κ3) is 4.88. The van der Waals surface area contributed by atoms with Crippen LogP contribution in [-0.4, -0.2) is 67.9 Å². The first-order valence-electron chi connectivity index (χ1n) is 13.5. The van der Waals surface area contributed by atoms with Gasteiger partial charge in [-0.05, 0) is 49.9 Å². The van der Waals surface area contributed by atoms with Crippen molar-refractivity contribution >= 4 is 22.4 Å².